The molecule has 0 bridgehead atoms. The number of tetrazole rings is 1. The lowest BCUT2D eigenvalue weighted by molar-refractivity contribution is -0.304. The number of rotatable bonds is 31. The van der Waals surface area contributed by atoms with Crippen molar-refractivity contribution in [2.24, 2.45) is 5.92 Å². The lowest BCUT2D eigenvalue weighted by atomic mass is 9.95. The third kappa shape index (κ3) is 17.6. The van der Waals surface area contributed by atoms with E-state index in [0.717, 1.165) is 49.1 Å². The summed E-state index contributed by atoms with van der Waals surface area (Å²) in [7, 11) is -0.302. The van der Waals surface area contributed by atoms with Crippen molar-refractivity contribution in [3.63, 3.8) is 0 Å². The minimum Gasteiger partial charge on any atom is -0.394 e. The summed E-state index contributed by atoms with van der Waals surface area (Å²) in [6.07, 6.45) is 22.6. The fourth-order valence-electron chi connectivity index (χ4n) is 8.23. The van der Waals surface area contributed by atoms with Crippen LogP contribution < -0.4 is 5.69 Å². The molecule has 0 radical (unpaired) electrons. The molecule has 3 heterocycles. The molecule has 1 aromatic rings. The van der Waals surface area contributed by atoms with Gasteiger partial charge in [0.2, 0.25) is 0 Å². The molecule has 2 aliphatic heterocycles. The summed E-state index contributed by atoms with van der Waals surface area (Å²) in [5.41, 5.74) is -0.549. The van der Waals surface area contributed by atoms with E-state index in [-0.39, 0.29) is 10.0 Å². The van der Waals surface area contributed by atoms with Gasteiger partial charge in [0, 0.05) is 6.54 Å². The summed E-state index contributed by atoms with van der Waals surface area (Å²) in [6, 6.07) is -1.18. The average molecular weight is 819 g/mol. The van der Waals surface area contributed by atoms with Crippen LogP contribution in [0, 0.1) is 5.92 Å². The van der Waals surface area contributed by atoms with Crippen LogP contribution >= 0.6 is 10.0 Å². The Balaban J connectivity index is 1.44. The zero-order valence-electron chi connectivity index (χ0n) is 35.3. The molecule has 3 rings (SSSR count). The van der Waals surface area contributed by atoms with Crippen LogP contribution in [0.15, 0.2) is 4.79 Å². The molecule has 8 atom stereocenters. The highest BCUT2D eigenvalue weighted by molar-refractivity contribution is 8.32. The van der Waals surface area contributed by atoms with Crippen LogP contribution in [-0.2, 0) is 16.0 Å². The number of ether oxygens (including phenoxy) is 2. The van der Waals surface area contributed by atoms with Crippen molar-refractivity contribution in [3.8, 4) is 0 Å². The molecular formula is C42H82N4O9S. The van der Waals surface area contributed by atoms with E-state index in [1.54, 1.807) is 0 Å². The first-order valence-electron chi connectivity index (χ1n) is 22.5. The van der Waals surface area contributed by atoms with E-state index in [0.29, 0.717) is 19.4 Å². The Kier molecular flexibility index (Phi) is 24.3. The Morgan fingerprint density at radius 3 is 1.86 bits per heavy atom. The first-order valence-corrected chi connectivity index (χ1v) is 25.3. The molecule has 6 N–H and O–H groups in total. The van der Waals surface area contributed by atoms with Crippen molar-refractivity contribution in [1.82, 2.24) is 19.8 Å². The first-order chi connectivity index (χ1) is 27.0. The highest BCUT2D eigenvalue weighted by Crippen LogP contribution is 2.47. The molecule has 5 unspecified atom stereocenters. The fraction of sp³-hybridized carbons (Fsp3) is 0.976. The molecule has 13 nitrogen and oxygen atoms in total. The number of aromatic nitrogens is 4. The second-order valence-electron chi connectivity index (χ2n) is 17.5. The van der Waals surface area contributed by atoms with Crippen molar-refractivity contribution in [2.45, 2.75) is 217 Å². The number of hydrogen-bond donors (Lipinski definition) is 6. The molecule has 14 heteroatoms. The second kappa shape index (κ2) is 27.6. The Hall–Kier alpha value is -1.10. The van der Waals surface area contributed by atoms with Gasteiger partial charge in [-0.25, -0.2) is 14.8 Å². The molecule has 1 aromatic heterocycles. The van der Waals surface area contributed by atoms with Gasteiger partial charge in [0.15, 0.2) is 6.29 Å². The van der Waals surface area contributed by atoms with Gasteiger partial charge in [0.1, 0.15) is 36.6 Å². The van der Waals surface area contributed by atoms with Gasteiger partial charge in [0.05, 0.1) is 19.3 Å². The van der Waals surface area contributed by atoms with E-state index >= 15 is 0 Å². The number of unbranched alkanes of at least 4 members (excludes halogenated alkanes) is 18. The fourth-order valence-corrected chi connectivity index (χ4v) is 10.4. The van der Waals surface area contributed by atoms with Crippen molar-refractivity contribution in [1.29, 1.82) is 0 Å². The Bertz CT molecular complexity index is 1190. The van der Waals surface area contributed by atoms with Gasteiger partial charge >= 0.3 is 5.69 Å². The number of aliphatic hydroxyl groups is 6. The lowest BCUT2D eigenvalue weighted by Crippen LogP contribution is -2.59. The minimum absolute atomic E-state index is 0.302. The zero-order chi connectivity index (χ0) is 40.8. The van der Waals surface area contributed by atoms with Crippen LogP contribution in [0.2, 0.25) is 0 Å². The zero-order valence-corrected chi connectivity index (χ0v) is 36.1. The molecule has 56 heavy (non-hydrogen) atoms. The van der Waals surface area contributed by atoms with Crippen LogP contribution in [-0.4, -0.2) is 131 Å². The van der Waals surface area contributed by atoms with E-state index in [4.69, 9.17) is 9.47 Å². The summed E-state index contributed by atoms with van der Waals surface area (Å²) >= 11 is 0. The largest absolute Gasteiger partial charge is 0.394 e. The van der Waals surface area contributed by atoms with Crippen molar-refractivity contribution in [3.05, 3.63) is 10.5 Å². The van der Waals surface area contributed by atoms with E-state index in [1.807, 2.05) is 0 Å². The highest BCUT2D eigenvalue weighted by atomic mass is 32.3. The molecule has 0 aliphatic carbocycles. The van der Waals surface area contributed by atoms with Gasteiger partial charge in [-0.2, -0.15) is 9.36 Å². The third-order valence-corrected chi connectivity index (χ3v) is 15.0. The predicted molar refractivity (Wildman–Crippen MR) is 224 cm³/mol. The Morgan fingerprint density at radius 1 is 0.750 bits per heavy atom. The molecule has 0 saturated carbocycles. The monoisotopic (exact) mass is 819 g/mol. The van der Waals surface area contributed by atoms with Gasteiger partial charge in [-0.1, -0.05) is 135 Å². The molecule has 0 spiro atoms. The van der Waals surface area contributed by atoms with Gasteiger partial charge in [-0.3, -0.25) is 0 Å². The van der Waals surface area contributed by atoms with Crippen LogP contribution in [0.5, 0.6) is 0 Å². The topological polar surface area (TPSA) is 193 Å². The Labute approximate surface area is 339 Å². The second-order valence-corrected chi connectivity index (χ2v) is 21.8. The smallest absolute Gasteiger partial charge is 0.364 e. The van der Waals surface area contributed by atoms with Crippen molar-refractivity contribution in [2.75, 3.05) is 37.2 Å². The van der Waals surface area contributed by atoms with Crippen LogP contribution in [0.1, 0.15) is 167 Å². The van der Waals surface area contributed by atoms with Crippen molar-refractivity contribution >= 4 is 10.0 Å². The molecule has 330 valence electrons. The number of hydrogen-bond acceptors (Lipinski definition) is 11. The lowest BCUT2D eigenvalue weighted by Gasteiger charge is -2.40. The summed E-state index contributed by atoms with van der Waals surface area (Å²) in [6.45, 7) is 1.56. The number of nitrogens with zero attached hydrogens (tertiary/aromatic N) is 4. The summed E-state index contributed by atoms with van der Waals surface area (Å²) in [5.74, 6) is 3.84. The van der Waals surface area contributed by atoms with E-state index in [1.165, 1.54) is 119 Å². The van der Waals surface area contributed by atoms with Gasteiger partial charge in [-0.05, 0) is 66.0 Å². The maximum Gasteiger partial charge on any atom is 0.364 e. The molecule has 0 aromatic carbocycles. The molecule has 0 amide bonds. The Morgan fingerprint density at radius 2 is 1.29 bits per heavy atom. The molecule has 2 saturated heterocycles. The quantitative estimate of drug-likeness (QED) is 0.0512. The van der Waals surface area contributed by atoms with E-state index < -0.39 is 67.9 Å². The van der Waals surface area contributed by atoms with Gasteiger partial charge in [-0.15, -0.1) is 0 Å². The first kappa shape index (κ1) is 49.3. The highest BCUT2D eigenvalue weighted by Gasteiger charge is 2.45. The standard InChI is InChI=1S/C42H82N4O9S/c1-4-5-6-7-8-9-10-11-12-16-19-22-25-35(48)37(49)34(32-54-41-40(52)39(51)38(50)36(31-47)55-41)46-42(53)45(43-44-46)28-23-20-17-14-13-15-18-21-24-33-26-29-56(2,3)30-27-33/h33-41,47-52H,4-32H2,1-3H3/t34-,35+,36?,37-,38?,39?,40?,41?/m0/s1. The minimum atomic E-state index is -1.65. The van der Waals surface area contributed by atoms with Crippen LogP contribution in [0.4, 0.5) is 0 Å². The molecular weight excluding hydrogens is 737 g/mol. The molecule has 2 fully saturated rings. The van der Waals surface area contributed by atoms with Crippen LogP contribution in [0.25, 0.3) is 0 Å². The summed E-state index contributed by atoms with van der Waals surface area (Å²) < 4.78 is 13.5. The number of aryl methyl sites for hydroxylation is 1. The van der Waals surface area contributed by atoms with Crippen LogP contribution in [0.3, 0.4) is 0 Å². The molecule has 2 aliphatic rings. The maximum absolute atomic E-state index is 13.5. The normalized spacial score (nSPS) is 25.3. The SMILES string of the molecule is CCCCCCCCCCCCCC[C@@H](O)[C@@H](O)[C@H](COC1OC(CO)C(O)C(O)C1O)n1nnn(CCCCCCCCCCC2CCS(C)(C)CC2)c1=O. The summed E-state index contributed by atoms with van der Waals surface area (Å²) in [5, 5.41) is 71.1. The number of aliphatic hydroxyl groups excluding tert-OH is 6. The van der Waals surface area contributed by atoms with Crippen molar-refractivity contribution < 1.29 is 40.1 Å². The van der Waals surface area contributed by atoms with Gasteiger partial charge in [0.25, 0.3) is 0 Å². The van der Waals surface area contributed by atoms with Gasteiger partial charge < -0.3 is 40.1 Å². The maximum atomic E-state index is 13.5. The predicted octanol–water partition coefficient (Wildman–Crippen LogP) is 5.60. The average Bonchev–Trinajstić information content (AvgIpc) is 3.55. The van der Waals surface area contributed by atoms with E-state index in [2.05, 4.69) is 29.9 Å². The third-order valence-electron chi connectivity index (χ3n) is 12.3. The summed E-state index contributed by atoms with van der Waals surface area (Å²) in [4.78, 5) is 13.5. The van der Waals surface area contributed by atoms with E-state index in [9.17, 15) is 35.4 Å².